The summed E-state index contributed by atoms with van der Waals surface area (Å²) in [5.41, 5.74) is 4.97. The molecule has 0 bridgehead atoms. The molecule has 2 heterocycles. The first-order chi connectivity index (χ1) is 15.3. The minimum atomic E-state index is 0.733. The van der Waals surface area contributed by atoms with Crippen LogP contribution in [-0.4, -0.2) is 19.3 Å². The molecule has 0 atom stereocenters. The molecule has 0 saturated heterocycles. The zero-order valence-electron chi connectivity index (χ0n) is 17.2. The molecular weight excluding hydrogens is 384 g/mol. The van der Waals surface area contributed by atoms with Crippen molar-refractivity contribution < 1.29 is 4.84 Å². The zero-order chi connectivity index (χ0) is 21.0. The monoisotopic (exact) mass is 406 g/mol. The fourth-order valence-electron chi connectivity index (χ4n) is 3.62. The van der Waals surface area contributed by atoms with Crippen LogP contribution in [0.2, 0.25) is 0 Å². The summed E-state index contributed by atoms with van der Waals surface area (Å²) in [6.07, 6.45) is 7.55. The van der Waals surface area contributed by atoms with Crippen molar-refractivity contribution in [2.45, 2.75) is 13.5 Å². The summed E-state index contributed by atoms with van der Waals surface area (Å²) in [7, 11) is 0. The molecule has 0 aliphatic carbocycles. The normalized spacial score (nSPS) is 11.7. The molecule has 0 N–H and O–H groups in total. The van der Waals surface area contributed by atoms with Crippen LogP contribution < -0.4 is 4.84 Å². The molecule has 5 nitrogen and oxygen atoms in total. The Morgan fingerprint density at radius 3 is 2.45 bits per heavy atom. The van der Waals surface area contributed by atoms with Crippen LogP contribution in [0.3, 0.4) is 0 Å². The van der Waals surface area contributed by atoms with Gasteiger partial charge in [0.2, 0.25) is 0 Å². The van der Waals surface area contributed by atoms with E-state index in [0.29, 0.717) is 0 Å². The molecule has 152 valence electrons. The Hall–Kier alpha value is -4.12. The van der Waals surface area contributed by atoms with E-state index in [-0.39, 0.29) is 0 Å². The van der Waals surface area contributed by atoms with E-state index in [1.807, 2.05) is 102 Å². The maximum atomic E-state index is 6.47. The van der Waals surface area contributed by atoms with E-state index in [4.69, 9.17) is 9.82 Å². The number of fused-ring (bicyclic) bond motifs is 1. The van der Waals surface area contributed by atoms with E-state index >= 15 is 0 Å². The van der Waals surface area contributed by atoms with Crippen LogP contribution in [0.5, 0.6) is 0 Å². The third-order valence-electron chi connectivity index (χ3n) is 5.14. The summed E-state index contributed by atoms with van der Waals surface area (Å²) in [6, 6.07) is 26.5. The third kappa shape index (κ3) is 3.85. The molecule has 0 aliphatic rings. The van der Waals surface area contributed by atoms with Gasteiger partial charge in [0.05, 0.1) is 11.8 Å². The number of imidazole rings is 2. The maximum absolute atomic E-state index is 6.47. The molecule has 0 unspecified atom stereocenters. The van der Waals surface area contributed by atoms with Crippen molar-refractivity contribution in [3.05, 3.63) is 115 Å². The van der Waals surface area contributed by atoms with Gasteiger partial charge in [-0.2, -0.15) is 4.73 Å². The van der Waals surface area contributed by atoms with Crippen molar-refractivity contribution >= 4 is 16.8 Å². The van der Waals surface area contributed by atoms with E-state index in [9.17, 15) is 0 Å². The van der Waals surface area contributed by atoms with Crippen molar-refractivity contribution in [2.75, 3.05) is 0 Å². The van der Waals surface area contributed by atoms with Gasteiger partial charge in [-0.15, -0.1) is 0 Å². The van der Waals surface area contributed by atoms with Gasteiger partial charge in [0.15, 0.2) is 11.6 Å². The second kappa shape index (κ2) is 8.32. The number of allylic oxidation sites excluding steroid dienone is 1. The molecular formula is C26H22N4O. The molecule has 0 fully saturated rings. The molecule has 5 rings (SSSR count). The van der Waals surface area contributed by atoms with Gasteiger partial charge in [0.1, 0.15) is 5.52 Å². The van der Waals surface area contributed by atoms with Gasteiger partial charge in [-0.25, -0.2) is 9.97 Å². The lowest BCUT2D eigenvalue weighted by atomic mass is 10.2. The van der Waals surface area contributed by atoms with Crippen LogP contribution >= 0.6 is 0 Å². The summed E-state index contributed by atoms with van der Waals surface area (Å²) in [5.74, 6) is 1.54. The highest BCUT2D eigenvalue weighted by atomic mass is 16.7. The number of aromatic nitrogens is 4. The molecule has 0 saturated carbocycles. The summed E-state index contributed by atoms with van der Waals surface area (Å²) >= 11 is 0. The van der Waals surface area contributed by atoms with Crippen LogP contribution in [0.4, 0.5) is 0 Å². The fourth-order valence-corrected chi connectivity index (χ4v) is 3.62. The van der Waals surface area contributed by atoms with Gasteiger partial charge < -0.3 is 9.40 Å². The molecule has 0 spiro atoms. The van der Waals surface area contributed by atoms with E-state index in [2.05, 4.69) is 17.1 Å². The molecule has 0 aliphatic heterocycles. The van der Waals surface area contributed by atoms with Crippen molar-refractivity contribution in [1.82, 2.24) is 19.3 Å². The SMILES string of the molecule is CC=C(On1c(-c2ccccc2)nc2ccc(Cn3ccnc3)cc21)c1ccccc1. The van der Waals surface area contributed by atoms with Crippen LogP contribution in [-0.2, 0) is 6.54 Å². The maximum Gasteiger partial charge on any atom is 0.177 e. The largest absolute Gasteiger partial charge is 0.373 e. The van der Waals surface area contributed by atoms with Gasteiger partial charge in [0, 0.05) is 30.1 Å². The fraction of sp³-hybridized carbons (Fsp3) is 0.0769. The van der Waals surface area contributed by atoms with Crippen LogP contribution in [0, 0.1) is 0 Å². The second-order valence-corrected chi connectivity index (χ2v) is 7.26. The Labute approximate surface area is 180 Å². The summed E-state index contributed by atoms with van der Waals surface area (Å²) in [4.78, 5) is 15.5. The Kier molecular flexibility index (Phi) is 5.07. The molecule has 0 amide bonds. The Bertz CT molecular complexity index is 1320. The lowest BCUT2D eigenvalue weighted by Gasteiger charge is -2.14. The Morgan fingerprint density at radius 2 is 1.74 bits per heavy atom. The van der Waals surface area contributed by atoms with Gasteiger partial charge >= 0.3 is 0 Å². The van der Waals surface area contributed by atoms with E-state index in [1.54, 1.807) is 6.20 Å². The minimum Gasteiger partial charge on any atom is -0.373 e. The summed E-state index contributed by atoms with van der Waals surface area (Å²) < 4.78 is 3.88. The molecule has 3 aromatic carbocycles. The highest BCUT2D eigenvalue weighted by Crippen LogP contribution is 2.27. The van der Waals surface area contributed by atoms with E-state index in [1.165, 1.54) is 0 Å². The Morgan fingerprint density at radius 1 is 0.968 bits per heavy atom. The highest BCUT2D eigenvalue weighted by Gasteiger charge is 2.16. The lowest BCUT2D eigenvalue weighted by molar-refractivity contribution is 0.254. The first-order valence-electron chi connectivity index (χ1n) is 10.2. The van der Waals surface area contributed by atoms with Crippen molar-refractivity contribution in [3.8, 4) is 11.4 Å². The lowest BCUT2D eigenvalue weighted by Crippen LogP contribution is -2.12. The van der Waals surface area contributed by atoms with Gasteiger partial charge in [-0.05, 0) is 30.7 Å². The van der Waals surface area contributed by atoms with Crippen LogP contribution in [0.15, 0.2) is 104 Å². The van der Waals surface area contributed by atoms with Crippen LogP contribution in [0.1, 0.15) is 18.1 Å². The summed E-state index contributed by atoms with van der Waals surface area (Å²) in [6.45, 7) is 2.71. The molecule has 2 aromatic heterocycles. The first kappa shape index (κ1) is 18.9. The van der Waals surface area contributed by atoms with Gasteiger partial charge in [0.25, 0.3) is 0 Å². The number of benzene rings is 3. The molecule has 5 aromatic rings. The Balaban J connectivity index is 1.63. The predicted octanol–water partition coefficient (Wildman–Crippen LogP) is 5.44. The molecule has 0 radical (unpaired) electrons. The van der Waals surface area contributed by atoms with Crippen molar-refractivity contribution in [2.24, 2.45) is 0 Å². The average molecular weight is 406 g/mol. The quantitative estimate of drug-likeness (QED) is 0.353. The topological polar surface area (TPSA) is 44.9 Å². The molecule has 5 heteroatoms. The molecule has 31 heavy (non-hydrogen) atoms. The zero-order valence-corrected chi connectivity index (χ0v) is 17.2. The number of hydrogen-bond acceptors (Lipinski definition) is 3. The van der Waals surface area contributed by atoms with Gasteiger partial charge in [-0.3, -0.25) is 0 Å². The van der Waals surface area contributed by atoms with Crippen LogP contribution in [0.25, 0.3) is 28.2 Å². The first-order valence-corrected chi connectivity index (χ1v) is 10.2. The summed E-state index contributed by atoms with van der Waals surface area (Å²) in [5, 5.41) is 0. The standard InChI is InChI=1S/C26H22N4O/c1-2-25(21-9-5-3-6-10-21)31-30-24-17-20(18-29-16-15-27-19-29)13-14-23(24)28-26(30)22-11-7-4-8-12-22/h2-17,19H,18H2,1H3. The number of nitrogens with zero attached hydrogens (tertiary/aromatic N) is 4. The predicted molar refractivity (Wildman–Crippen MR) is 123 cm³/mol. The minimum absolute atomic E-state index is 0.733. The smallest absolute Gasteiger partial charge is 0.177 e. The van der Waals surface area contributed by atoms with Crippen molar-refractivity contribution in [1.29, 1.82) is 0 Å². The highest BCUT2D eigenvalue weighted by molar-refractivity contribution is 5.81. The van der Waals surface area contributed by atoms with Crippen molar-refractivity contribution in [3.63, 3.8) is 0 Å². The third-order valence-corrected chi connectivity index (χ3v) is 5.14. The van der Waals surface area contributed by atoms with Gasteiger partial charge in [-0.1, -0.05) is 66.7 Å². The second-order valence-electron chi connectivity index (χ2n) is 7.26. The van der Waals surface area contributed by atoms with E-state index < -0.39 is 0 Å². The number of hydrogen-bond donors (Lipinski definition) is 0. The average Bonchev–Trinajstić information content (AvgIpc) is 3.46. The van der Waals surface area contributed by atoms with E-state index in [0.717, 1.165) is 45.9 Å². The number of rotatable bonds is 6.